The lowest BCUT2D eigenvalue weighted by atomic mass is 9.97. The molecule has 2 unspecified atom stereocenters. The summed E-state index contributed by atoms with van der Waals surface area (Å²) in [6.45, 7) is 16.1. The third-order valence-corrected chi connectivity index (χ3v) is 7.79. The summed E-state index contributed by atoms with van der Waals surface area (Å²) in [6.07, 6.45) is 5.37. The summed E-state index contributed by atoms with van der Waals surface area (Å²) in [5.74, 6) is 0.615. The van der Waals surface area contributed by atoms with Gasteiger partial charge >= 0.3 is 12.2 Å². The first-order valence-corrected chi connectivity index (χ1v) is 16.6. The second-order valence-electron chi connectivity index (χ2n) is 13.4. The molecule has 2 amide bonds. The zero-order chi connectivity index (χ0) is 31.3. The van der Waals surface area contributed by atoms with Gasteiger partial charge in [0.25, 0.3) is 10.1 Å². The quantitative estimate of drug-likeness (QED) is 0.390. The summed E-state index contributed by atoms with van der Waals surface area (Å²) in [4.78, 5) is 27.5. The van der Waals surface area contributed by atoms with Crippen LogP contribution in [0.4, 0.5) is 9.59 Å². The standard InChI is InChI=1S/C19H26N2O2.C12H23NO5S/c1-19(2,3)23-18(22)20-11-8-15(9-12-20)14-21-13-10-16-6-4-5-7-17(16)21;1-9-8-10(18-19(5,15)16)6-7-13(9)11(14)17-12(2,3)4/h4-7,10,13,15H,8-9,11-12,14H2,1-3H3;9-10H,6-8H2,1-5H3. The lowest BCUT2D eigenvalue weighted by Crippen LogP contribution is -2.48. The molecule has 2 aromatic rings. The van der Waals surface area contributed by atoms with Crippen LogP contribution in [0.25, 0.3) is 10.9 Å². The summed E-state index contributed by atoms with van der Waals surface area (Å²) >= 11 is 0. The molecule has 0 bridgehead atoms. The molecule has 0 spiro atoms. The molecule has 236 valence electrons. The zero-order valence-corrected chi connectivity index (χ0v) is 27.3. The number of carbonyl (C=O) groups excluding carboxylic acids is 2. The van der Waals surface area contributed by atoms with Gasteiger partial charge in [0.15, 0.2) is 0 Å². The minimum absolute atomic E-state index is 0.102. The van der Waals surface area contributed by atoms with Crippen LogP contribution in [0.5, 0.6) is 0 Å². The maximum atomic E-state index is 12.1. The molecule has 11 heteroatoms. The molecule has 0 aliphatic carbocycles. The number of likely N-dealkylation sites (tertiary alicyclic amines) is 2. The van der Waals surface area contributed by atoms with E-state index in [0.717, 1.165) is 38.7 Å². The Kier molecular flexibility index (Phi) is 11.0. The van der Waals surface area contributed by atoms with Gasteiger partial charge in [-0.2, -0.15) is 8.42 Å². The van der Waals surface area contributed by atoms with E-state index in [-0.39, 0.29) is 24.3 Å². The molecular formula is C31H49N3O7S. The minimum Gasteiger partial charge on any atom is -0.444 e. The van der Waals surface area contributed by atoms with Gasteiger partial charge in [-0.25, -0.2) is 9.59 Å². The van der Waals surface area contributed by atoms with Crippen molar-refractivity contribution in [2.45, 2.75) is 104 Å². The average Bonchev–Trinajstić information content (AvgIpc) is 3.24. The Bertz CT molecular complexity index is 1300. The van der Waals surface area contributed by atoms with Gasteiger partial charge in [0, 0.05) is 43.9 Å². The normalized spacial score (nSPS) is 20.6. The maximum Gasteiger partial charge on any atom is 0.410 e. The Morgan fingerprint density at radius 3 is 2.05 bits per heavy atom. The fourth-order valence-corrected chi connectivity index (χ4v) is 5.93. The molecule has 0 N–H and O–H groups in total. The van der Waals surface area contributed by atoms with Crippen molar-refractivity contribution in [1.82, 2.24) is 14.4 Å². The van der Waals surface area contributed by atoms with Gasteiger partial charge in [-0.15, -0.1) is 0 Å². The number of para-hydroxylation sites is 1. The van der Waals surface area contributed by atoms with Gasteiger partial charge in [0.2, 0.25) is 0 Å². The zero-order valence-electron chi connectivity index (χ0n) is 26.5. The Morgan fingerprint density at radius 1 is 0.881 bits per heavy atom. The highest BCUT2D eigenvalue weighted by Crippen LogP contribution is 2.25. The Morgan fingerprint density at radius 2 is 1.48 bits per heavy atom. The highest BCUT2D eigenvalue weighted by Gasteiger charge is 2.33. The highest BCUT2D eigenvalue weighted by molar-refractivity contribution is 7.86. The topological polar surface area (TPSA) is 107 Å². The van der Waals surface area contributed by atoms with Gasteiger partial charge in [-0.3, -0.25) is 4.18 Å². The van der Waals surface area contributed by atoms with Gasteiger partial charge < -0.3 is 23.8 Å². The lowest BCUT2D eigenvalue weighted by molar-refractivity contribution is -0.000121. The van der Waals surface area contributed by atoms with E-state index in [4.69, 9.17) is 13.7 Å². The van der Waals surface area contributed by atoms with E-state index in [2.05, 4.69) is 41.1 Å². The number of hydrogen-bond donors (Lipinski definition) is 0. The van der Waals surface area contributed by atoms with Crippen LogP contribution in [-0.2, 0) is 30.3 Å². The molecule has 42 heavy (non-hydrogen) atoms. The smallest absolute Gasteiger partial charge is 0.410 e. The number of amides is 2. The molecule has 4 rings (SSSR count). The van der Waals surface area contributed by atoms with Crippen LogP contribution in [0.3, 0.4) is 0 Å². The Hall–Kier alpha value is -2.79. The number of nitrogens with zero attached hydrogens (tertiary/aromatic N) is 3. The first kappa shape index (κ1) is 33.7. The third kappa shape index (κ3) is 10.8. The van der Waals surface area contributed by atoms with Crippen molar-refractivity contribution >= 4 is 33.2 Å². The number of hydrogen-bond acceptors (Lipinski definition) is 7. The predicted molar refractivity (Wildman–Crippen MR) is 164 cm³/mol. The molecule has 2 saturated heterocycles. The minimum atomic E-state index is -3.45. The van der Waals surface area contributed by atoms with Crippen LogP contribution in [-0.4, -0.2) is 84.2 Å². The molecular weight excluding hydrogens is 558 g/mol. The number of carbonyl (C=O) groups is 2. The van der Waals surface area contributed by atoms with E-state index in [1.807, 2.05) is 53.4 Å². The van der Waals surface area contributed by atoms with Crippen LogP contribution in [0, 0.1) is 5.92 Å². The van der Waals surface area contributed by atoms with Crippen LogP contribution >= 0.6 is 0 Å². The number of benzene rings is 1. The first-order valence-electron chi connectivity index (χ1n) is 14.8. The van der Waals surface area contributed by atoms with Crippen LogP contribution < -0.4 is 0 Å². The van der Waals surface area contributed by atoms with E-state index in [1.54, 1.807) is 4.90 Å². The molecule has 2 aliphatic rings. The fourth-order valence-electron chi connectivity index (χ4n) is 5.26. The van der Waals surface area contributed by atoms with E-state index < -0.39 is 21.3 Å². The lowest BCUT2D eigenvalue weighted by Gasteiger charge is -2.37. The Labute approximate surface area is 251 Å². The monoisotopic (exact) mass is 607 g/mol. The predicted octanol–water partition coefficient (Wildman–Crippen LogP) is 6.04. The number of rotatable bonds is 4. The fraction of sp³-hybridized carbons (Fsp3) is 0.677. The van der Waals surface area contributed by atoms with E-state index in [0.29, 0.717) is 25.3 Å². The molecule has 1 aromatic carbocycles. The van der Waals surface area contributed by atoms with Crippen LogP contribution in [0.15, 0.2) is 36.5 Å². The molecule has 2 fully saturated rings. The summed E-state index contributed by atoms with van der Waals surface area (Å²) in [6, 6.07) is 10.6. The van der Waals surface area contributed by atoms with E-state index in [9.17, 15) is 18.0 Å². The van der Waals surface area contributed by atoms with Crippen molar-refractivity contribution in [3.8, 4) is 0 Å². The van der Waals surface area contributed by atoms with Gasteiger partial charge in [0.1, 0.15) is 11.2 Å². The second-order valence-corrected chi connectivity index (χ2v) is 15.0. The van der Waals surface area contributed by atoms with Gasteiger partial charge in [-0.1, -0.05) is 18.2 Å². The molecule has 1 aromatic heterocycles. The van der Waals surface area contributed by atoms with Gasteiger partial charge in [-0.05, 0) is 97.6 Å². The first-order chi connectivity index (χ1) is 19.4. The summed E-state index contributed by atoms with van der Waals surface area (Å²) < 4.78 is 40.2. The third-order valence-electron chi connectivity index (χ3n) is 7.17. The maximum absolute atomic E-state index is 12.1. The molecule has 3 heterocycles. The number of piperidine rings is 2. The average molecular weight is 608 g/mol. The number of ether oxygens (including phenoxy) is 2. The summed E-state index contributed by atoms with van der Waals surface area (Å²) in [5, 5.41) is 1.29. The van der Waals surface area contributed by atoms with E-state index >= 15 is 0 Å². The number of aromatic nitrogens is 1. The van der Waals surface area contributed by atoms with Gasteiger partial charge in [0.05, 0.1) is 12.4 Å². The van der Waals surface area contributed by atoms with Crippen LogP contribution in [0.2, 0.25) is 0 Å². The van der Waals surface area contributed by atoms with Crippen molar-refractivity contribution < 1.29 is 31.7 Å². The summed E-state index contributed by atoms with van der Waals surface area (Å²) in [7, 11) is -3.45. The summed E-state index contributed by atoms with van der Waals surface area (Å²) in [5.41, 5.74) is 0.344. The number of fused-ring (bicyclic) bond motifs is 1. The van der Waals surface area contributed by atoms with E-state index in [1.165, 1.54) is 10.9 Å². The SMILES string of the molecule is CC(C)(C)OC(=O)N1CCC(Cn2ccc3ccccc32)CC1.CC1CC(OS(C)(=O)=O)CCN1C(=O)OC(C)(C)C. The Balaban J connectivity index is 0.000000236. The largest absolute Gasteiger partial charge is 0.444 e. The molecule has 2 atom stereocenters. The highest BCUT2D eigenvalue weighted by atomic mass is 32.2. The van der Waals surface area contributed by atoms with Crippen molar-refractivity contribution in [3.63, 3.8) is 0 Å². The molecule has 0 saturated carbocycles. The molecule has 10 nitrogen and oxygen atoms in total. The van der Waals surface area contributed by atoms with Crippen molar-refractivity contribution in [2.75, 3.05) is 25.9 Å². The second kappa shape index (κ2) is 13.7. The molecule has 2 aliphatic heterocycles. The van der Waals surface area contributed by atoms with Crippen molar-refractivity contribution in [1.29, 1.82) is 0 Å². The van der Waals surface area contributed by atoms with Crippen molar-refractivity contribution in [2.24, 2.45) is 5.92 Å². The van der Waals surface area contributed by atoms with Crippen LogP contribution in [0.1, 0.15) is 74.1 Å². The van der Waals surface area contributed by atoms with Crippen molar-refractivity contribution in [3.05, 3.63) is 36.5 Å². The molecule has 0 radical (unpaired) electrons.